The van der Waals surface area contributed by atoms with Crippen LogP contribution in [0.15, 0.2) is 12.5 Å². The van der Waals surface area contributed by atoms with Gasteiger partial charge in [0.1, 0.15) is 5.69 Å². The second-order valence-electron chi connectivity index (χ2n) is 4.13. The minimum atomic E-state index is -0.156. The third-order valence-electron chi connectivity index (χ3n) is 2.77. The molecule has 6 heteroatoms. The molecule has 0 spiro atoms. The highest BCUT2D eigenvalue weighted by atomic mass is 16.5. The second kappa shape index (κ2) is 5.79. The van der Waals surface area contributed by atoms with Gasteiger partial charge in [-0.05, 0) is 12.8 Å². The molecule has 0 radical (unpaired) electrons. The zero-order valence-electron chi connectivity index (χ0n) is 9.76. The molecule has 1 aliphatic heterocycles. The number of amides is 1. The summed E-state index contributed by atoms with van der Waals surface area (Å²) < 4.78 is 7.23. The fourth-order valence-electron chi connectivity index (χ4n) is 1.85. The van der Waals surface area contributed by atoms with E-state index in [-0.39, 0.29) is 12.0 Å². The maximum absolute atomic E-state index is 11.7. The predicted molar refractivity (Wildman–Crippen MR) is 62.6 cm³/mol. The number of carbonyl (C=O) groups excluding carboxylic acids is 1. The molecular formula is C11H18N4O2. The third kappa shape index (κ3) is 3.28. The Morgan fingerprint density at radius 3 is 3.29 bits per heavy atom. The molecule has 1 amide bonds. The van der Waals surface area contributed by atoms with Crippen molar-refractivity contribution in [3.8, 4) is 0 Å². The van der Waals surface area contributed by atoms with Crippen LogP contribution in [0.4, 0.5) is 0 Å². The Labute approximate surface area is 100 Å². The highest BCUT2D eigenvalue weighted by Crippen LogP contribution is 2.10. The average molecular weight is 238 g/mol. The molecule has 0 aromatic carbocycles. The summed E-state index contributed by atoms with van der Waals surface area (Å²) in [5.41, 5.74) is 5.85. The summed E-state index contributed by atoms with van der Waals surface area (Å²) in [4.78, 5) is 15.8. The number of nitrogens with zero attached hydrogens (tertiary/aromatic N) is 2. The van der Waals surface area contributed by atoms with Crippen LogP contribution < -0.4 is 11.1 Å². The molecule has 94 valence electrons. The molecule has 1 aromatic rings. The van der Waals surface area contributed by atoms with Crippen LogP contribution in [0.2, 0.25) is 0 Å². The quantitative estimate of drug-likeness (QED) is 0.741. The van der Waals surface area contributed by atoms with Crippen molar-refractivity contribution in [2.24, 2.45) is 5.73 Å². The van der Waals surface area contributed by atoms with Gasteiger partial charge in [-0.2, -0.15) is 0 Å². The fourth-order valence-corrected chi connectivity index (χ4v) is 1.85. The van der Waals surface area contributed by atoms with Crippen molar-refractivity contribution in [3.05, 3.63) is 18.2 Å². The number of ether oxygens (including phenoxy) is 1. The number of aromatic nitrogens is 2. The van der Waals surface area contributed by atoms with Gasteiger partial charge in [0, 0.05) is 32.4 Å². The Morgan fingerprint density at radius 1 is 1.71 bits per heavy atom. The first-order chi connectivity index (χ1) is 8.29. The Kier molecular flexibility index (Phi) is 4.11. The summed E-state index contributed by atoms with van der Waals surface area (Å²) in [5, 5.41) is 2.83. The molecule has 3 N–H and O–H groups in total. The van der Waals surface area contributed by atoms with Crippen molar-refractivity contribution < 1.29 is 9.53 Å². The van der Waals surface area contributed by atoms with Crippen molar-refractivity contribution >= 4 is 5.91 Å². The van der Waals surface area contributed by atoms with Crippen LogP contribution in [-0.4, -0.2) is 41.3 Å². The standard InChI is InChI=1S/C11H18N4O2/c12-3-4-15-7-10(14-8-15)11(16)13-6-9-2-1-5-17-9/h7-9H,1-6,12H2,(H,13,16). The fraction of sp³-hybridized carbons (Fsp3) is 0.636. The number of nitrogens with two attached hydrogens (primary N) is 1. The number of rotatable bonds is 5. The van der Waals surface area contributed by atoms with Gasteiger partial charge in [-0.3, -0.25) is 4.79 Å². The molecule has 1 aromatic heterocycles. The van der Waals surface area contributed by atoms with E-state index in [1.807, 2.05) is 0 Å². The van der Waals surface area contributed by atoms with E-state index in [0.29, 0.717) is 25.3 Å². The summed E-state index contributed by atoms with van der Waals surface area (Å²) in [6, 6.07) is 0. The summed E-state index contributed by atoms with van der Waals surface area (Å²) in [7, 11) is 0. The van der Waals surface area contributed by atoms with Crippen LogP contribution in [0.3, 0.4) is 0 Å². The van der Waals surface area contributed by atoms with Gasteiger partial charge in [0.2, 0.25) is 0 Å². The number of nitrogens with one attached hydrogen (secondary N) is 1. The number of imidazole rings is 1. The van der Waals surface area contributed by atoms with Crippen molar-refractivity contribution in [3.63, 3.8) is 0 Å². The number of carbonyl (C=O) groups is 1. The summed E-state index contributed by atoms with van der Waals surface area (Å²) in [6.07, 6.45) is 5.57. The smallest absolute Gasteiger partial charge is 0.271 e. The van der Waals surface area contributed by atoms with E-state index in [1.165, 1.54) is 0 Å². The van der Waals surface area contributed by atoms with Crippen molar-refractivity contribution in [2.75, 3.05) is 19.7 Å². The monoisotopic (exact) mass is 238 g/mol. The zero-order chi connectivity index (χ0) is 12.1. The van der Waals surface area contributed by atoms with Gasteiger partial charge < -0.3 is 20.4 Å². The van der Waals surface area contributed by atoms with Crippen LogP contribution in [0, 0.1) is 0 Å². The van der Waals surface area contributed by atoms with E-state index >= 15 is 0 Å². The van der Waals surface area contributed by atoms with Gasteiger partial charge in [0.05, 0.1) is 12.4 Å². The van der Waals surface area contributed by atoms with E-state index in [9.17, 15) is 4.79 Å². The zero-order valence-corrected chi connectivity index (χ0v) is 9.76. The molecule has 1 unspecified atom stereocenters. The van der Waals surface area contributed by atoms with Gasteiger partial charge in [-0.25, -0.2) is 4.98 Å². The maximum Gasteiger partial charge on any atom is 0.271 e. The largest absolute Gasteiger partial charge is 0.376 e. The van der Waals surface area contributed by atoms with Gasteiger partial charge in [0.15, 0.2) is 0 Å². The first kappa shape index (κ1) is 12.1. The molecule has 1 saturated heterocycles. The average Bonchev–Trinajstić information content (AvgIpc) is 2.97. The number of hydrogen-bond donors (Lipinski definition) is 2. The molecule has 17 heavy (non-hydrogen) atoms. The minimum absolute atomic E-state index is 0.156. The Hall–Kier alpha value is -1.40. The van der Waals surface area contributed by atoms with Gasteiger partial charge in [-0.1, -0.05) is 0 Å². The first-order valence-corrected chi connectivity index (χ1v) is 5.91. The second-order valence-corrected chi connectivity index (χ2v) is 4.13. The lowest BCUT2D eigenvalue weighted by atomic mass is 10.2. The Balaban J connectivity index is 1.81. The van der Waals surface area contributed by atoms with Crippen molar-refractivity contribution in [2.45, 2.75) is 25.5 Å². The Morgan fingerprint density at radius 2 is 2.59 bits per heavy atom. The number of hydrogen-bond acceptors (Lipinski definition) is 4. The molecule has 1 atom stereocenters. The van der Waals surface area contributed by atoms with E-state index in [0.717, 1.165) is 19.4 Å². The highest BCUT2D eigenvalue weighted by Gasteiger charge is 2.17. The summed E-state index contributed by atoms with van der Waals surface area (Å²) in [5.74, 6) is -0.156. The van der Waals surface area contributed by atoms with Crippen LogP contribution in [0.5, 0.6) is 0 Å². The normalized spacial score (nSPS) is 19.5. The molecule has 2 heterocycles. The van der Waals surface area contributed by atoms with E-state index < -0.39 is 0 Å². The van der Waals surface area contributed by atoms with Gasteiger partial charge in [0.25, 0.3) is 5.91 Å². The maximum atomic E-state index is 11.7. The Bertz CT molecular complexity index is 371. The van der Waals surface area contributed by atoms with Gasteiger partial charge in [-0.15, -0.1) is 0 Å². The third-order valence-corrected chi connectivity index (χ3v) is 2.77. The lowest BCUT2D eigenvalue weighted by molar-refractivity contribution is 0.0854. The molecule has 1 fully saturated rings. The van der Waals surface area contributed by atoms with Crippen molar-refractivity contribution in [1.82, 2.24) is 14.9 Å². The lowest BCUT2D eigenvalue weighted by Gasteiger charge is -2.09. The SMILES string of the molecule is NCCn1cnc(C(=O)NCC2CCCO2)c1. The molecule has 0 saturated carbocycles. The van der Waals surface area contributed by atoms with Crippen LogP contribution in [0.25, 0.3) is 0 Å². The predicted octanol–water partition coefficient (Wildman–Crippen LogP) is -0.249. The summed E-state index contributed by atoms with van der Waals surface area (Å²) >= 11 is 0. The van der Waals surface area contributed by atoms with Crippen LogP contribution in [0.1, 0.15) is 23.3 Å². The van der Waals surface area contributed by atoms with Crippen molar-refractivity contribution in [1.29, 1.82) is 0 Å². The summed E-state index contributed by atoms with van der Waals surface area (Å²) in [6.45, 7) is 2.56. The van der Waals surface area contributed by atoms with E-state index in [1.54, 1.807) is 17.1 Å². The van der Waals surface area contributed by atoms with E-state index in [4.69, 9.17) is 10.5 Å². The minimum Gasteiger partial charge on any atom is -0.376 e. The van der Waals surface area contributed by atoms with E-state index in [2.05, 4.69) is 10.3 Å². The molecule has 2 rings (SSSR count). The van der Waals surface area contributed by atoms with Crippen LogP contribution >= 0.6 is 0 Å². The highest BCUT2D eigenvalue weighted by molar-refractivity contribution is 5.92. The molecule has 1 aliphatic rings. The molecule has 0 bridgehead atoms. The molecule has 0 aliphatic carbocycles. The van der Waals surface area contributed by atoms with Crippen LogP contribution in [-0.2, 0) is 11.3 Å². The first-order valence-electron chi connectivity index (χ1n) is 5.91. The van der Waals surface area contributed by atoms with Gasteiger partial charge >= 0.3 is 0 Å². The molecular weight excluding hydrogens is 220 g/mol. The molecule has 6 nitrogen and oxygen atoms in total. The topological polar surface area (TPSA) is 82.2 Å². The lowest BCUT2D eigenvalue weighted by Crippen LogP contribution is -2.31.